The molecule has 1 saturated heterocycles. The van der Waals surface area contributed by atoms with Gasteiger partial charge in [0.25, 0.3) is 0 Å². The number of para-hydroxylation sites is 1. The Morgan fingerprint density at radius 2 is 2.00 bits per heavy atom. The second-order valence-corrected chi connectivity index (χ2v) is 5.38. The first-order chi connectivity index (χ1) is 6.79. The van der Waals surface area contributed by atoms with E-state index in [9.17, 15) is 0 Å². The van der Waals surface area contributed by atoms with Crippen LogP contribution < -0.4 is 4.74 Å². The van der Waals surface area contributed by atoms with Gasteiger partial charge in [-0.25, -0.2) is 0 Å². The minimum Gasteiger partial charge on any atom is -0.468 e. The van der Waals surface area contributed by atoms with Gasteiger partial charge in [-0.1, -0.05) is 18.2 Å². The van der Waals surface area contributed by atoms with Crippen LogP contribution >= 0.6 is 0 Å². The second kappa shape index (κ2) is 4.15. The SMILES string of the molecule is [SiH3]C1(Oc2ccccc2)CCCCO1. The van der Waals surface area contributed by atoms with E-state index in [4.69, 9.17) is 9.47 Å². The van der Waals surface area contributed by atoms with Crippen molar-refractivity contribution >= 4 is 10.2 Å². The molecule has 0 N–H and O–H groups in total. The summed E-state index contributed by atoms with van der Waals surface area (Å²) >= 11 is 0. The maximum atomic E-state index is 5.88. The van der Waals surface area contributed by atoms with Gasteiger partial charge < -0.3 is 9.47 Å². The highest BCUT2D eigenvalue weighted by Gasteiger charge is 2.29. The molecule has 0 radical (unpaired) electrons. The third kappa shape index (κ3) is 2.36. The lowest BCUT2D eigenvalue weighted by molar-refractivity contribution is -0.143. The molecule has 1 atom stereocenters. The van der Waals surface area contributed by atoms with Crippen molar-refractivity contribution in [2.45, 2.75) is 24.7 Å². The summed E-state index contributed by atoms with van der Waals surface area (Å²) in [5.74, 6) is 0.921. The first-order valence-corrected chi connectivity index (χ1v) is 6.17. The number of rotatable bonds is 2. The van der Waals surface area contributed by atoms with E-state index in [0.29, 0.717) is 0 Å². The van der Waals surface area contributed by atoms with Crippen molar-refractivity contribution in [1.29, 1.82) is 0 Å². The third-order valence-corrected chi connectivity index (χ3v) is 3.50. The lowest BCUT2D eigenvalue weighted by Crippen LogP contribution is -2.42. The Kier molecular flexibility index (Phi) is 2.89. The summed E-state index contributed by atoms with van der Waals surface area (Å²) in [4.78, 5) is 0. The van der Waals surface area contributed by atoms with Gasteiger partial charge in [-0.2, -0.15) is 0 Å². The molecule has 0 aliphatic carbocycles. The summed E-state index contributed by atoms with van der Waals surface area (Å²) in [5, 5.41) is 0. The molecule has 2 rings (SSSR count). The Balaban J connectivity index is 2.02. The lowest BCUT2D eigenvalue weighted by atomic mass is 10.2. The molecule has 0 amide bonds. The molecule has 1 heterocycles. The van der Waals surface area contributed by atoms with Gasteiger partial charge in [0.15, 0.2) is 5.41 Å². The lowest BCUT2D eigenvalue weighted by Gasteiger charge is -2.34. The van der Waals surface area contributed by atoms with E-state index < -0.39 is 0 Å². The van der Waals surface area contributed by atoms with Crippen molar-refractivity contribution in [1.82, 2.24) is 0 Å². The van der Waals surface area contributed by atoms with Crippen LogP contribution in [0.15, 0.2) is 30.3 Å². The molecule has 3 heteroatoms. The van der Waals surface area contributed by atoms with Crippen LogP contribution in [-0.4, -0.2) is 22.3 Å². The maximum absolute atomic E-state index is 5.88. The summed E-state index contributed by atoms with van der Waals surface area (Å²) in [6.07, 6.45) is 3.42. The van der Waals surface area contributed by atoms with Crippen molar-refractivity contribution in [3.8, 4) is 5.75 Å². The fourth-order valence-electron chi connectivity index (χ4n) is 1.73. The van der Waals surface area contributed by atoms with Crippen LogP contribution in [0.2, 0.25) is 0 Å². The van der Waals surface area contributed by atoms with Crippen molar-refractivity contribution < 1.29 is 9.47 Å². The summed E-state index contributed by atoms with van der Waals surface area (Å²) in [7, 11) is 0.920. The summed E-state index contributed by atoms with van der Waals surface area (Å²) < 4.78 is 11.6. The molecule has 1 unspecified atom stereocenters. The Morgan fingerprint density at radius 1 is 1.21 bits per heavy atom. The molecule has 14 heavy (non-hydrogen) atoms. The highest BCUT2D eigenvalue weighted by molar-refractivity contribution is 6.13. The Morgan fingerprint density at radius 3 is 2.64 bits per heavy atom. The van der Waals surface area contributed by atoms with Crippen LogP contribution in [0.4, 0.5) is 0 Å². The molecule has 1 aliphatic heterocycles. The molecule has 1 aromatic rings. The standard InChI is InChI=1S/C11H16O2Si/c14-11(8-4-5-9-12-11)13-10-6-2-1-3-7-10/h1-3,6-7H,4-5,8-9H2,14H3. The molecule has 1 aromatic carbocycles. The van der Waals surface area contributed by atoms with Gasteiger partial charge in [0.1, 0.15) is 5.75 Å². The van der Waals surface area contributed by atoms with Crippen LogP contribution in [0.5, 0.6) is 5.75 Å². The Labute approximate surface area is 87.6 Å². The normalized spacial score (nSPS) is 27.4. The van der Waals surface area contributed by atoms with E-state index >= 15 is 0 Å². The number of hydrogen-bond acceptors (Lipinski definition) is 2. The predicted octanol–water partition coefficient (Wildman–Crippen LogP) is 1.29. The first kappa shape index (κ1) is 9.74. The Hall–Kier alpha value is -0.803. The van der Waals surface area contributed by atoms with Crippen molar-refractivity contribution in [3.63, 3.8) is 0 Å². The van der Waals surface area contributed by atoms with Gasteiger partial charge in [-0.15, -0.1) is 0 Å². The average molecular weight is 208 g/mol. The largest absolute Gasteiger partial charge is 0.468 e. The summed E-state index contributed by atoms with van der Waals surface area (Å²) in [6.45, 7) is 0.844. The molecule has 1 aliphatic rings. The van der Waals surface area contributed by atoms with Crippen LogP contribution in [0, 0.1) is 0 Å². The maximum Gasteiger partial charge on any atom is 0.180 e. The molecular formula is C11H16O2Si. The van der Waals surface area contributed by atoms with Crippen molar-refractivity contribution in [2.75, 3.05) is 6.61 Å². The molecule has 1 fully saturated rings. The smallest absolute Gasteiger partial charge is 0.180 e. The highest BCUT2D eigenvalue weighted by Crippen LogP contribution is 2.25. The van der Waals surface area contributed by atoms with Gasteiger partial charge in [-0.3, -0.25) is 0 Å². The van der Waals surface area contributed by atoms with Crippen molar-refractivity contribution in [2.24, 2.45) is 0 Å². The molecule has 0 spiro atoms. The van der Waals surface area contributed by atoms with Gasteiger partial charge in [-0.05, 0) is 25.0 Å². The molecule has 76 valence electrons. The Bertz CT molecular complexity index is 281. The molecule has 0 aromatic heterocycles. The van der Waals surface area contributed by atoms with E-state index in [0.717, 1.165) is 29.0 Å². The highest BCUT2D eigenvalue weighted by atomic mass is 28.1. The summed E-state index contributed by atoms with van der Waals surface area (Å²) in [6, 6.07) is 9.94. The predicted molar refractivity (Wildman–Crippen MR) is 59.5 cm³/mol. The molecule has 0 bridgehead atoms. The minimum absolute atomic E-state index is 0.278. The van der Waals surface area contributed by atoms with Gasteiger partial charge >= 0.3 is 0 Å². The quantitative estimate of drug-likeness (QED) is 0.682. The zero-order chi connectivity index (χ0) is 9.86. The fourth-order valence-corrected chi connectivity index (χ4v) is 2.52. The van der Waals surface area contributed by atoms with Crippen LogP contribution in [0.25, 0.3) is 0 Å². The zero-order valence-electron chi connectivity index (χ0n) is 8.53. The number of ether oxygens (including phenoxy) is 2. The number of benzene rings is 1. The molecular weight excluding hydrogens is 192 g/mol. The fraction of sp³-hybridized carbons (Fsp3) is 0.455. The summed E-state index contributed by atoms with van der Waals surface area (Å²) in [5.41, 5.74) is -0.278. The topological polar surface area (TPSA) is 18.5 Å². The molecule has 0 saturated carbocycles. The molecule has 2 nitrogen and oxygen atoms in total. The van der Waals surface area contributed by atoms with E-state index in [1.807, 2.05) is 30.3 Å². The number of hydrogen-bond donors (Lipinski definition) is 0. The zero-order valence-corrected chi connectivity index (χ0v) is 10.5. The second-order valence-electron chi connectivity index (χ2n) is 3.85. The average Bonchev–Trinajstić information content (AvgIpc) is 2.19. The van der Waals surface area contributed by atoms with E-state index in [2.05, 4.69) is 0 Å². The minimum atomic E-state index is -0.278. The van der Waals surface area contributed by atoms with Crippen molar-refractivity contribution in [3.05, 3.63) is 30.3 Å². The van der Waals surface area contributed by atoms with Gasteiger partial charge in [0.2, 0.25) is 0 Å². The third-order valence-electron chi connectivity index (χ3n) is 2.51. The van der Waals surface area contributed by atoms with Crippen LogP contribution in [-0.2, 0) is 4.74 Å². The van der Waals surface area contributed by atoms with Gasteiger partial charge in [0.05, 0.1) is 16.8 Å². The van der Waals surface area contributed by atoms with E-state index in [1.54, 1.807) is 0 Å². The monoisotopic (exact) mass is 208 g/mol. The first-order valence-electron chi connectivity index (χ1n) is 5.17. The van der Waals surface area contributed by atoms with E-state index in [1.165, 1.54) is 12.8 Å². The van der Waals surface area contributed by atoms with E-state index in [-0.39, 0.29) is 5.41 Å². The van der Waals surface area contributed by atoms with Crippen LogP contribution in [0.3, 0.4) is 0 Å². The van der Waals surface area contributed by atoms with Crippen LogP contribution in [0.1, 0.15) is 19.3 Å². The van der Waals surface area contributed by atoms with Gasteiger partial charge in [0, 0.05) is 6.42 Å².